The Kier molecular flexibility index (Phi) is 8.05. The topological polar surface area (TPSA) is 104 Å². The number of nitrogens with zero attached hydrogens (tertiary/aromatic N) is 4. The van der Waals surface area contributed by atoms with Crippen LogP contribution in [0.4, 0.5) is 0 Å². The third kappa shape index (κ3) is 5.74. The van der Waals surface area contributed by atoms with Crippen molar-refractivity contribution in [3.8, 4) is 27.9 Å². The number of oxazole rings is 1. The highest BCUT2D eigenvalue weighted by Crippen LogP contribution is 2.31. The van der Waals surface area contributed by atoms with Crippen molar-refractivity contribution in [2.24, 2.45) is 0 Å². The Hall–Kier alpha value is -4.09. The maximum Gasteiger partial charge on any atom is 0.273 e. The zero-order chi connectivity index (χ0) is 26.3. The molecule has 38 heavy (non-hydrogen) atoms. The van der Waals surface area contributed by atoms with Crippen LogP contribution < -0.4 is 14.8 Å². The normalized spacial score (nSPS) is 10.9. The third-order valence-electron chi connectivity index (χ3n) is 5.65. The first-order chi connectivity index (χ1) is 18.7. The molecule has 1 N–H and O–H groups in total. The number of carbonyl (C=O) groups excluding carboxylic acids is 1. The molecule has 5 aromatic rings. The molecule has 2 aromatic carbocycles. The number of methoxy groups -OCH3 is 2. The predicted octanol–water partition coefficient (Wildman–Crippen LogP) is 5.27. The van der Waals surface area contributed by atoms with Crippen LogP contribution in [0.15, 0.2) is 81.9 Å². The number of hydrogen-bond donors (Lipinski definition) is 1. The van der Waals surface area contributed by atoms with Crippen LogP contribution in [0.5, 0.6) is 11.5 Å². The summed E-state index contributed by atoms with van der Waals surface area (Å²) in [5.41, 5.74) is 2.21. The predicted molar refractivity (Wildman–Crippen MR) is 146 cm³/mol. The average Bonchev–Trinajstić information content (AvgIpc) is 3.73. The minimum atomic E-state index is -0.294. The minimum Gasteiger partial charge on any atom is -0.493 e. The first-order valence-corrected chi connectivity index (χ1v) is 13.6. The average molecular weight is 548 g/mol. The van der Waals surface area contributed by atoms with E-state index in [-0.39, 0.29) is 11.6 Å². The van der Waals surface area contributed by atoms with E-state index in [1.807, 2.05) is 70.6 Å². The molecule has 0 saturated heterocycles. The Morgan fingerprint density at radius 3 is 2.66 bits per heavy atom. The molecule has 0 bridgehead atoms. The van der Waals surface area contributed by atoms with Crippen LogP contribution in [0, 0.1) is 0 Å². The number of thioether (sulfide) groups is 1. The van der Waals surface area contributed by atoms with Crippen molar-refractivity contribution in [3.05, 3.63) is 89.5 Å². The molecule has 5 rings (SSSR count). The van der Waals surface area contributed by atoms with E-state index in [1.165, 1.54) is 18.0 Å². The van der Waals surface area contributed by atoms with Gasteiger partial charge in [-0.15, -0.1) is 21.5 Å². The number of ether oxygens (including phenoxy) is 2. The van der Waals surface area contributed by atoms with E-state index in [1.54, 1.807) is 25.6 Å². The molecule has 0 fully saturated rings. The van der Waals surface area contributed by atoms with Gasteiger partial charge in [-0.1, -0.05) is 42.1 Å². The summed E-state index contributed by atoms with van der Waals surface area (Å²) in [5, 5.41) is 14.5. The number of rotatable bonds is 11. The second-order valence-electron chi connectivity index (χ2n) is 8.06. The number of hydrogen-bond acceptors (Lipinski definition) is 9. The van der Waals surface area contributed by atoms with Crippen LogP contribution in [0.2, 0.25) is 0 Å². The molecule has 1 amide bonds. The Morgan fingerprint density at radius 2 is 1.89 bits per heavy atom. The summed E-state index contributed by atoms with van der Waals surface area (Å²) in [5.74, 6) is 2.63. The molecule has 0 atom stereocenters. The van der Waals surface area contributed by atoms with Crippen LogP contribution in [-0.4, -0.2) is 46.4 Å². The first-order valence-electron chi connectivity index (χ1n) is 11.8. The van der Waals surface area contributed by atoms with Crippen molar-refractivity contribution in [2.45, 2.75) is 17.3 Å². The number of aromatic nitrogens is 4. The second-order valence-corrected chi connectivity index (χ2v) is 9.96. The van der Waals surface area contributed by atoms with Gasteiger partial charge in [0.15, 0.2) is 28.2 Å². The van der Waals surface area contributed by atoms with E-state index < -0.39 is 0 Å². The minimum absolute atomic E-state index is 0.233. The molecule has 194 valence electrons. The lowest BCUT2D eigenvalue weighted by atomic mass is 10.1. The Labute approximate surface area is 227 Å². The summed E-state index contributed by atoms with van der Waals surface area (Å²) >= 11 is 3.05. The number of para-hydroxylation sites is 1. The number of carbonyl (C=O) groups is 1. The van der Waals surface area contributed by atoms with E-state index in [2.05, 4.69) is 20.5 Å². The highest BCUT2D eigenvalue weighted by Gasteiger charge is 2.18. The number of nitrogens with one attached hydrogen (secondary N) is 1. The van der Waals surface area contributed by atoms with Gasteiger partial charge >= 0.3 is 0 Å². The van der Waals surface area contributed by atoms with Crippen LogP contribution in [0.1, 0.15) is 21.9 Å². The molecule has 11 heteroatoms. The summed E-state index contributed by atoms with van der Waals surface area (Å²) in [6, 6.07) is 19.7. The monoisotopic (exact) mass is 547 g/mol. The first kappa shape index (κ1) is 25.6. The van der Waals surface area contributed by atoms with Crippen molar-refractivity contribution in [1.82, 2.24) is 25.1 Å². The molecule has 3 heterocycles. The number of amides is 1. The molecule has 0 unspecified atom stereocenters. The van der Waals surface area contributed by atoms with E-state index in [4.69, 9.17) is 13.9 Å². The van der Waals surface area contributed by atoms with E-state index in [0.717, 1.165) is 22.0 Å². The maximum atomic E-state index is 12.6. The largest absolute Gasteiger partial charge is 0.493 e. The van der Waals surface area contributed by atoms with E-state index in [0.29, 0.717) is 41.3 Å². The van der Waals surface area contributed by atoms with Crippen LogP contribution in [0.3, 0.4) is 0 Å². The lowest BCUT2D eigenvalue weighted by Crippen LogP contribution is -2.26. The summed E-state index contributed by atoms with van der Waals surface area (Å²) in [6.45, 7) is 0.441. The number of benzene rings is 2. The molecular weight excluding hydrogens is 522 g/mol. The molecule has 0 aliphatic heterocycles. The fraction of sp³-hybridized carbons (Fsp3) is 0.185. The third-order valence-corrected chi connectivity index (χ3v) is 7.43. The van der Waals surface area contributed by atoms with Crippen molar-refractivity contribution in [3.63, 3.8) is 0 Å². The molecule has 3 aromatic heterocycles. The summed E-state index contributed by atoms with van der Waals surface area (Å²) < 4.78 is 18.2. The van der Waals surface area contributed by atoms with Gasteiger partial charge in [0.05, 0.1) is 24.8 Å². The van der Waals surface area contributed by atoms with Gasteiger partial charge in [0.2, 0.25) is 5.89 Å². The lowest BCUT2D eigenvalue weighted by molar-refractivity contribution is 0.0949. The fourth-order valence-corrected chi connectivity index (χ4v) is 5.30. The van der Waals surface area contributed by atoms with Gasteiger partial charge in [-0.2, -0.15) is 0 Å². The van der Waals surface area contributed by atoms with Crippen molar-refractivity contribution >= 4 is 29.0 Å². The zero-order valence-corrected chi connectivity index (χ0v) is 22.4. The zero-order valence-electron chi connectivity index (χ0n) is 20.8. The maximum absolute atomic E-state index is 12.6. The van der Waals surface area contributed by atoms with Gasteiger partial charge in [-0.25, -0.2) is 4.98 Å². The highest BCUT2D eigenvalue weighted by molar-refractivity contribution is 7.98. The molecule has 9 nitrogen and oxygen atoms in total. The summed E-state index contributed by atoms with van der Waals surface area (Å²) in [6.07, 6.45) is 2.01. The second kappa shape index (κ2) is 12.0. The van der Waals surface area contributed by atoms with Gasteiger partial charge in [0.25, 0.3) is 5.91 Å². The fourth-order valence-electron chi connectivity index (χ4n) is 3.79. The molecular formula is C27H25N5O4S2. The molecule has 0 aliphatic carbocycles. The van der Waals surface area contributed by atoms with Crippen LogP contribution in [0.25, 0.3) is 16.4 Å². The summed E-state index contributed by atoms with van der Waals surface area (Å²) in [4.78, 5) is 18.0. The van der Waals surface area contributed by atoms with Gasteiger partial charge in [-0.05, 0) is 47.7 Å². The molecule has 0 saturated carbocycles. The lowest BCUT2D eigenvalue weighted by Gasteiger charge is -2.09. The van der Waals surface area contributed by atoms with Crippen molar-refractivity contribution in [2.75, 3.05) is 20.8 Å². The van der Waals surface area contributed by atoms with Gasteiger partial charge in [0.1, 0.15) is 6.26 Å². The van der Waals surface area contributed by atoms with Gasteiger partial charge in [-0.3, -0.25) is 9.36 Å². The standard InChI is InChI=1S/C27H25N5O4S2/c1-34-21-11-10-18(15-22(21)35-2)12-13-28-26(33)20-16-36-24(29-20)17-38-27-31-30-25(23-9-6-14-37-23)32(27)19-7-4-3-5-8-19/h3-11,14-16H,12-13,17H2,1-2H3,(H,28,33). The quantitative estimate of drug-likeness (QED) is 0.223. The van der Waals surface area contributed by atoms with Gasteiger partial charge in [0, 0.05) is 12.2 Å². The Bertz CT molecular complexity index is 1500. The summed E-state index contributed by atoms with van der Waals surface area (Å²) in [7, 11) is 3.19. The van der Waals surface area contributed by atoms with E-state index in [9.17, 15) is 4.79 Å². The molecule has 0 spiro atoms. The molecule has 0 radical (unpaired) electrons. The van der Waals surface area contributed by atoms with Crippen LogP contribution in [-0.2, 0) is 12.2 Å². The highest BCUT2D eigenvalue weighted by atomic mass is 32.2. The Balaban J connectivity index is 1.21. The van der Waals surface area contributed by atoms with Crippen LogP contribution >= 0.6 is 23.1 Å². The van der Waals surface area contributed by atoms with Crippen molar-refractivity contribution in [1.29, 1.82) is 0 Å². The Morgan fingerprint density at radius 1 is 1.05 bits per heavy atom. The van der Waals surface area contributed by atoms with Gasteiger partial charge < -0.3 is 19.2 Å². The number of thiophene rings is 1. The van der Waals surface area contributed by atoms with Crippen molar-refractivity contribution < 1.29 is 18.7 Å². The SMILES string of the molecule is COc1ccc(CCNC(=O)c2coc(CSc3nnc(-c4cccs4)n3-c3ccccc3)n2)cc1OC. The molecule has 0 aliphatic rings. The smallest absolute Gasteiger partial charge is 0.273 e. The van der Waals surface area contributed by atoms with E-state index >= 15 is 0 Å².